The Bertz CT molecular complexity index is 1050. The number of hydrogen-bond donors (Lipinski definition) is 1. The molecule has 140 valence electrons. The van der Waals surface area contributed by atoms with Gasteiger partial charge in [0.25, 0.3) is 5.91 Å². The summed E-state index contributed by atoms with van der Waals surface area (Å²) in [6.45, 7) is 0.956. The number of nitrogens with one attached hydrogen (secondary N) is 1. The minimum absolute atomic E-state index is 0.0333. The van der Waals surface area contributed by atoms with Crippen molar-refractivity contribution in [1.82, 2.24) is 4.98 Å². The van der Waals surface area contributed by atoms with Crippen LogP contribution in [0.4, 0.5) is 17.1 Å². The fraction of sp³-hybridized carbons (Fsp3) is 0.182. The van der Waals surface area contributed by atoms with Crippen molar-refractivity contribution in [2.45, 2.75) is 12.8 Å². The van der Waals surface area contributed by atoms with Crippen LogP contribution in [0.3, 0.4) is 0 Å². The molecule has 28 heavy (non-hydrogen) atoms. The molecule has 1 amide bonds. The highest BCUT2D eigenvalue weighted by Crippen LogP contribution is 2.35. The number of ether oxygens (including phenoxy) is 2. The smallest absolute Gasteiger partial charge is 0.259 e. The molecule has 0 fully saturated rings. The van der Waals surface area contributed by atoms with Gasteiger partial charge in [0.1, 0.15) is 0 Å². The molecule has 2 aliphatic heterocycles. The molecule has 1 N–H and O–H groups in total. The molecule has 0 aliphatic carbocycles. The molecule has 0 radical (unpaired) electrons. The first-order chi connectivity index (χ1) is 13.8. The largest absolute Gasteiger partial charge is 0.454 e. The lowest BCUT2D eigenvalue weighted by Crippen LogP contribution is -2.35. The summed E-state index contributed by atoms with van der Waals surface area (Å²) in [4.78, 5) is 19.2. The van der Waals surface area contributed by atoms with Gasteiger partial charge < -0.3 is 19.7 Å². The van der Waals surface area contributed by atoms with E-state index in [1.54, 1.807) is 12.4 Å². The molecule has 2 aliphatic rings. The molecule has 2 aromatic carbocycles. The van der Waals surface area contributed by atoms with Gasteiger partial charge in [-0.05, 0) is 42.7 Å². The molecule has 3 heterocycles. The summed E-state index contributed by atoms with van der Waals surface area (Å²) in [6.07, 6.45) is 5.28. The Labute approximate surface area is 162 Å². The van der Waals surface area contributed by atoms with E-state index in [1.165, 1.54) is 5.56 Å². The van der Waals surface area contributed by atoms with Gasteiger partial charge in [-0.2, -0.15) is 0 Å². The van der Waals surface area contributed by atoms with E-state index in [9.17, 15) is 4.79 Å². The van der Waals surface area contributed by atoms with Crippen LogP contribution in [0.15, 0.2) is 60.9 Å². The number of anilines is 3. The van der Waals surface area contributed by atoms with Crippen LogP contribution < -0.4 is 19.7 Å². The maximum absolute atomic E-state index is 13.1. The molecule has 0 saturated heterocycles. The standard InChI is InChI=1S/C22H19N3O3/c26-22(25-9-3-5-15-4-1-2-6-19(15)25)16-10-18(13-23-12-16)24-17-7-8-20-21(11-17)28-14-27-20/h1-2,4,6-8,10-13,24H,3,5,9,14H2. The Kier molecular flexibility index (Phi) is 4.09. The number of benzene rings is 2. The summed E-state index contributed by atoms with van der Waals surface area (Å²) < 4.78 is 10.8. The van der Waals surface area contributed by atoms with E-state index in [1.807, 2.05) is 47.4 Å². The molecule has 6 heteroatoms. The quantitative estimate of drug-likeness (QED) is 0.747. The molecule has 1 aromatic heterocycles. The zero-order valence-corrected chi connectivity index (χ0v) is 15.2. The third-order valence-corrected chi connectivity index (χ3v) is 5.00. The number of carbonyl (C=O) groups is 1. The van der Waals surface area contributed by atoms with Gasteiger partial charge in [-0.25, -0.2) is 0 Å². The van der Waals surface area contributed by atoms with Gasteiger partial charge in [-0.3, -0.25) is 9.78 Å². The Hall–Kier alpha value is -3.54. The van der Waals surface area contributed by atoms with E-state index in [4.69, 9.17) is 9.47 Å². The van der Waals surface area contributed by atoms with Crippen molar-refractivity contribution in [2.75, 3.05) is 23.6 Å². The summed E-state index contributed by atoms with van der Waals surface area (Å²) in [5, 5.41) is 3.28. The van der Waals surface area contributed by atoms with Crippen LogP contribution in [0.1, 0.15) is 22.3 Å². The summed E-state index contributed by atoms with van der Waals surface area (Å²) >= 11 is 0. The number of para-hydroxylation sites is 1. The van der Waals surface area contributed by atoms with Gasteiger partial charge in [0.15, 0.2) is 11.5 Å². The lowest BCUT2D eigenvalue weighted by Gasteiger charge is -2.29. The highest BCUT2D eigenvalue weighted by atomic mass is 16.7. The molecule has 0 spiro atoms. The van der Waals surface area contributed by atoms with Gasteiger partial charge >= 0.3 is 0 Å². The van der Waals surface area contributed by atoms with E-state index in [0.717, 1.165) is 42.2 Å². The monoisotopic (exact) mass is 373 g/mol. The molecule has 0 unspecified atom stereocenters. The topological polar surface area (TPSA) is 63.7 Å². The normalized spacial score (nSPS) is 14.5. The zero-order chi connectivity index (χ0) is 18.9. The number of carbonyl (C=O) groups excluding carboxylic acids is 1. The predicted octanol–water partition coefficient (Wildman–Crippen LogP) is 4.15. The number of rotatable bonds is 3. The Morgan fingerprint density at radius 3 is 2.86 bits per heavy atom. The average Bonchev–Trinajstić information content (AvgIpc) is 3.21. The number of fused-ring (bicyclic) bond motifs is 2. The van der Waals surface area contributed by atoms with Crippen LogP contribution >= 0.6 is 0 Å². The molecule has 0 bridgehead atoms. The van der Waals surface area contributed by atoms with Gasteiger partial charge in [0.05, 0.1) is 17.4 Å². The third kappa shape index (κ3) is 3.03. The maximum atomic E-state index is 13.1. The van der Waals surface area contributed by atoms with E-state index < -0.39 is 0 Å². The number of amides is 1. The highest BCUT2D eigenvalue weighted by Gasteiger charge is 2.23. The SMILES string of the molecule is O=C(c1cncc(Nc2ccc3c(c2)OCO3)c1)N1CCCc2ccccc21. The van der Waals surface area contributed by atoms with Crippen LogP contribution in [-0.2, 0) is 6.42 Å². The highest BCUT2D eigenvalue weighted by molar-refractivity contribution is 6.07. The second-order valence-corrected chi connectivity index (χ2v) is 6.84. The lowest BCUT2D eigenvalue weighted by atomic mass is 10.0. The van der Waals surface area contributed by atoms with Gasteiger partial charge in [0, 0.05) is 30.2 Å². The number of aryl methyl sites for hydroxylation is 1. The molecule has 3 aromatic rings. The number of pyridine rings is 1. The second-order valence-electron chi connectivity index (χ2n) is 6.84. The molecule has 0 atom stereocenters. The molecule has 0 saturated carbocycles. The zero-order valence-electron chi connectivity index (χ0n) is 15.2. The average molecular weight is 373 g/mol. The van der Waals surface area contributed by atoms with Gasteiger partial charge in [0.2, 0.25) is 6.79 Å². The van der Waals surface area contributed by atoms with E-state index >= 15 is 0 Å². The fourth-order valence-electron chi connectivity index (χ4n) is 3.67. The van der Waals surface area contributed by atoms with Crippen molar-refractivity contribution in [3.63, 3.8) is 0 Å². The summed E-state index contributed by atoms with van der Waals surface area (Å²) in [6, 6.07) is 15.6. The Morgan fingerprint density at radius 1 is 1.00 bits per heavy atom. The first-order valence-corrected chi connectivity index (χ1v) is 9.29. The van der Waals surface area contributed by atoms with Crippen LogP contribution in [-0.4, -0.2) is 24.2 Å². The summed E-state index contributed by atoms with van der Waals surface area (Å²) in [7, 11) is 0. The van der Waals surface area contributed by atoms with Crippen LogP contribution in [0, 0.1) is 0 Å². The van der Waals surface area contributed by atoms with Gasteiger partial charge in [-0.1, -0.05) is 18.2 Å². The fourth-order valence-corrected chi connectivity index (χ4v) is 3.67. The first-order valence-electron chi connectivity index (χ1n) is 9.29. The van der Waals surface area contributed by atoms with Crippen molar-refractivity contribution in [3.8, 4) is 11.5 Å². The predicted molar refractivity (Wildman–Crippen MR) is 107 cm³/mol. The number of nitrogens with zero attached hydrogens (tertiary/aromatic N) is 2. The van der Waals surface area contributed by atoms with Crippen molar-refractivity contribution in [2.24, 2.45) is 0 Å². The van der Waals surface area contributed by atoms with Crippen molar-refractivity contribution >= 4 is 23.0 Å². The minimum atomic E-state index is -0.0333. The van der Waals surface area contributed by atoms with Gasteiger partial charge in [-0.15, -0.1) is 0 Å². The Balaban J connectivity index is 1.39. The summed E-state index contributed by atoms with van der Waals surface area (Å²) in [5.74, 6) is 1.40. The maximum Gasteiger partial charge on any atom is 0.259 e. The Morgan fingerprint density at radius 2 is 1.89 bits per heavy atom. The van der Waals surface area contributed by atoms with Crippen molar-refractivity contribution in [3.05, 3.63) is 72.1 Å². The molecule has 5 rings (SSSR count). The number of aromatic nitrogens is 1. The van der Waals surface area contributed by atoms with E-state index in [0.29, 0.717) is 11.3 Å². The lowest BCUT2D eigenvalue weighted by molar-refractivity contribution is 0.0985. The molecule has 6 nitrogen and oxygen atoms in total. The second kappa shape index (κ2) is 6.88. The minimum Gasteiger partial charge on any atom is -0.454 e. The van der Waals surface area contributed by atoms with Crippen LogP contribution in [0.5, 0.6) is 11.5 Å². The van der Waals surface area contributed by atoms with Crippen molar-refractivity contribution < 1.29 is 14.3 Å². The van der Waals surface area contributed by atoms with Crippen molar-refractivity contribution in [1.29, 1.82) is 0 Å². The summed E-state index contributed by atoms with van der Waals surface area (Å²) in [5.41, 5.74) is 4.36. The number of hydrogen-bond acceptors (Lipinski definition) is 5. The molecular weight excluding hydrogens is 354 g/mol. The van der Waals surface area contributed by atoms with Crippen LogP contribution in [0.25, 0.3) is 0 Å². The van der Waals surface area contributed by atoms with E-state index in [-0.39, 0.29) is 12.7 Å². The van der Waals surface area contributed by atoms with E-state index in [2.05, 4.69) is 16.4 Å². The third-order valence-electron chi connectivity index (χ3n) is 5.00. The van der Waals surface area contributed by atoms with Crippen LogP contribution in [0.2, 0.25) is 0 Å². The first kappa shape index (κ1) is 16.6. The molecular formula is C22H19N3O3.